The molecule has 1 aromatic rings. The van der Waals surface area contributed by atoms with Crippen molar-refractivity contribution < 1.29 is 4.79 Å². The fraction of sp³-hybridized carbons (Fsp3) is 0.562. The summed E-state index contributed by atoms with van der Waals surface area (Å²) in [4.78, 5) is 14.6. The summed E-state index contributed by atoms with van der Waals surface area (Å²) in [5.74, 6) is 0.962. The Morgan fingerprint density at radius 1 is 1.28 bits per heavy atom. The van der Waals surface area contributed by atoms with Crippen LogP contribution in [0.5, 0.6) is 0 Å². The van der Waals surface area contributed by atoms with E-state index in [1.807, 2.05) is 30.3 Å². The Labute approximate surface area is 110 Å². The highest BCUT2D eigenvalue weighted by atomic mass is 16.1. The van der Waals surface area contributed by atoms with Crippen LogP contribution in [0.2, 0.25) is 0 Å². The first-order valence-electron chi connectivity index (χ1n) is 6.99. The van der Waals surface area contributed by atoms with Crippen LogP contribution < -0.4 is 0 Å². The first-order chi connectivity index (χ1) is 8.66. The topological polar surface area (TPSA) is 20.3 Å². The molecular formula is C16H23NO. The van der Waals surface area contributed by atoms with Crippen molar-refractivity contribution in [3.05, 3.63) is 35.9 Å². The van der Waals surface area contributed by atoms with Crippen molar-refractivity contribution in [3.8, 4) is 0 Å². The molecule has 0 N–H and O–H groups in total. The van der Waals surface area contributed by atoms with Crippen molar-refractivity contribution in [2.75, 3.05) is 13.1 Å². The quantitative estimate of drug-likeness (QED) is 0.686. The van der Waals surface area contributed by atoms with Crippen molar-refractivity contribution in [2.24, 2.45) is 5.92 Å². The maximum atomic E-state index is 12.2. The van der Waals surface area contributed by atoms with Crippen LogP contribution in [0.4, 0.5) is 0 Å². The molecule has 0 bridgehead atoms. The van der Waals surface area contributed by atoms with Crippen LogP contribution in [0.25, 0.3) is 0 Å². The molecule has 1 aliphatic carbocycles. The Morgan fingerprint density at radius 2 is 1.94 bits per heavy atom. The Morgan fingerprint density at radius 3 is 2.50 bits per heavy atom. The van der Waals surface area contributed by atoms with Gasteiger partial charge in [0.05, 0.1) is 6.54 Å². The lowest BCUT2D eigenvalue weighted by Crippen LogP contribution is -2.33. The predicted octanol–water partition coefficient (Wildman–Crippen LogP) is 3.38. The van der Waals surface area contributed by atoms with Crippen LogP contribution >= 0.6 is 0 Å². The van der Waals surface area contributed by atoms with Gasteiger partial charge < -0.3 is 0 Å². The summed E-state index contributed by atoms with van der Waals surface area (Å²) in [6.45, 7) is 6.12. The number of rotatable bonds is 7. The lowest BCUT2D eigenvalue weighted by molar-refractivity contribution is 0.0920. The van der Waals surface area contributed by atoms with Gasteiger partial charge in [-0.1, -0.05) is 44.2 Å². The molecule has 0 aromatic heterocycles. The van der Waals surface area contributed by atoms with E-state index in [1.165, 1.54) is 19.3 Å². The van der Waals surface area contributed by atoms with Gasteiger partial charge in [0.25, 0.3) is 0 Å². The van der Waals surface area contributed by atoms with Gasteiger partial charge in [-0.05, 0) is 31.7 Å². The van der Waals surface area contributed by atoms with Crippen LogP contribution in [0, 0.1) is 5.92 Å². The van der Waals surface area contributed by atoms with Crippen LogP contribution in [-0.4, -0.2) is 29.8 Å². The lowest BCUT2D eigenvalue weighted by atomic mass is 10.1. The van der Waals surface area contributed by atoms with E-state index in [4.69, 9.17) is 0 Å². The van der Waals surface area contributed by atoms with Gasteiger partial charge in [-0.3, -0.25) is 9.69 Å². The van der Waals surface area contributed by atoms with Crippen molar-refractivity contribution in [1.82, 2.24) is 4.90 Å². The van der Waals surface area contributed by atoms with Gasteiger partial charge in [0.1, 0.15) is 0 Å². The number of Topliss-reactive ketones (excluding diaryl/α,β-unsaturated/α-hetero) is 1. The fourth-order valence-corrected chi connectivity index (χ4v) is 2.15. The summed E-state index contributed by atoms with van der Waals surface area (Å²) in [7, 11) is 0. The van der Waals surface area contributed by atoms with E-state index in [1.54, 1.807) is 0 Å². The van der Waals surface area contributed by atoms with Crippen molar-refractivity contribution in [1.29, 1.82) is 0 Å². The third kappa shape index (κ3) is 3.95. The van der Waals surface area contributed by atoms with Gasteiger partial charge in [0, 0.05) is 11.6 Å². The highest BCUT2D eigenvalue weighted by molar-refractivity contribution is 5.97. The molecule has 0 atom stereocenters. The molecule has 0 radical (unpaired) electrons. The molecule has 0 amide bonds. The summed E-state index contributed by atoms with van der Waals surface area (Å²) in [6.07, 6.45) is 3.71. The second kappa shape index (κ2) is 6.14. The van der Waals surface area contributed by atoms with Gasteiger partial charge in [-0.15, -0.1) is 0 Å². The summed E-state index contributed by atoms with van der Waals surface area (Å²) in [6, 6.07) is 10.3. The first kappa shape index (κ1) is 13.3. The van der Waals surface area contributed by atoms with E-state index in [2.05, 4.69) is 18.7 Å². The van der Waals surface area contributed by atoms with E-state index in [0.717, 1.165) is 12.1 Å². The smallest absolute Gasteiger partial charge is 0.176 e. The zero-order chi connectivity index (χ0) is 13.0. The number of carbonyl (C=O) groups is 1. The average Bonchev–Trinajstić information content (AvgIpc) is 3.19. The lowest BCUT2D eigenvalue weighted by Gasteiger charge is -2.22. The SMILES string of the molecule is CC(C)CCN(CC(=O)c1ccccc1)C1CC1. The molecule has 98 valence electrons. The fourth-order valence-electron chi connectivity index (χ4n) is 2.15. The van der Waals surface area contributed by atoms with Crippen LogP contribution in [-0.2, 0) is 0 Å². The van der Waals surface area contributed by atoms with Gasteiger partial charge in [-0.2, -0.15) is 0 Å². The average molecular weight is 245 g/mol. The second-order valence-electron chi connectivity index (χ2n) is 5.67. The van der Waals surface area contributed by atoms with Crippen molar-refractivity contribution >= 4 is 5.78 Å². The van der Waals surface area contributed by atoms with E-state index >= 15 is 0 Å². The van der Waals surface area contributed by atoms with E-state index in [9.17, 15) is 4.79 Å². The molecule has 2 rings (SSSR count). The van der Waals surface area contributed by atoms with Gasteiger partial charge in [-0.25, -0.2) is 0 Å². The zero-order valence-electron chi connectivity index (χ0n) is 11.4. The minimum atomic E-state index is 0.256. The van der Waals surface area contributed by atoms with E-state index < -0.39 is 0 Å². The van der Waals surface area contributed by atoms with Gasteiger partial charge in [0.2, 0.25) is 0 Å². The number of nitrogens with zero attached hydrogens (tertiary/aromatic N) is 1. The Bertz CT molecular complexity index is 381. The minimum absolute atomic E-state index is 0.256. The van der Waals surface area contributed by atoms with Crippen LogP contribution in [0.15, 0.2) is 30.3 Å². The van der Waals surface area contributed by atoms with Crippen LogP contribution in [0.3, 0.4) is 0 Å². The summed E-state index contributed by atoms with van der Waals surface area (Å²) in [5, 5.41) is 0. The Balaban J connectivity index is 1.90. The van der Waals surface area contributed by atoms with Crippen molar-refractivity contribution in [3.63, 3.8) is 0 Å². The Hall–Kier alpha value is -1.15. The molecule has 1 fully saturated rings. The summed E-state index contributed by atoms with van der Waals surface area (Å²) in [5.41, 5.74) is 0.840. The largest absolute Gasteiger partial charge is 0.293 e. The summed E-state index contributed by atoms with van der Waals surface area (Å²) < 4.78 is 0. The number of hydrogen-bond donors (Lipinski definition) is 0. The third-order valence-electron chi connectivity index (χ3n) is 3.50. The molecule has 0 aliphatic heterocycles. The number of hydrogen-bond acceptors (Lipinski definition) is 2. The molecule has 0 unspecified atom stereocenters. The summed E-state index contributed by atoms with van der Waals surface area (Å²) >= 11 is 0. The zero-order valence-corrected chi connectivity index (χ0v) is 11.4. The Kier molecular flexibility index (Phi) is 4.54. The third-order valence-corrected chi connectivity index (χ3v) is 3.50. The first-order valence-corrected chi connectivity index (χ1v) is 6.99. The maximum Gasteiger partial charge on any atom is 0.176 e. The molecular weight excluding hydrogens is 222 g/mol. The molecule has 0 heterocycles. The normalized spacial score (nSPS) is 15.3. The molecule has 18 heavy (non-hydrogen) atoms. The monoisotopic (exact) mass is 245 g/mol. The number of carbonyl (C=O) groups excluding carboxylic acids is 1. The van der Waals surface area contributed by atoms with E-state index in [-0.39, 0.29) is 5.78 Å². The molecule has 2 heteroatoms. The minimum Gasteiger partial charge on any atom is -0.293 e. The highest BCUT2D eigenvalue weighted by Crippen LogP contribution is 2.27. The molecule has 1 aromatic carbocycles. The number of ketones is 1. The molecule has 0 spiro atoms. The highest BCUT2D eigenvalue weighted by Gasteiger charge is 2.30. The molecule has 1 aliphatic rings. The molecule has 0 saturated heterocycles. The predicted molar refractivity (Wildman–Crippen MR) is 74.8 cm³/mol. The number of benzene rings is 1. The molecule has 2 nitrogen and oxygen atoms in total. The van der Waals surface area contributed by atoms with Gasteiger partial charge >= 0.3 is 0 Å². The maximum absolute atomic E-state index is 12.2. The standard InChI is InChI=1S/C16H23NO/c1-13(2)10-11-17(15-8-9-15)12-16(18)14-6-4-3-5-7-14/h3-7,13,15H,8-12H2,1-2H3. The second-order valence-corrected chi connectivity index (χ2v) is 5.67. The van der Waals surface area contributed by atoms with E-state index in [0.29, 0.717) is 18.5 Å². The van der Waals surface area contributed by atoms with Gasteiger partial charge in [0.15, 0.2) is 5.78 Å². The van der Waals surface area contributed by atoms with Crippen LogP contribution in [0.1, 0.15) is 43.5 Å². The molecule has 1 saturated carbocycles. The van der Waals surface area contributed by atoms with Crippen molar-refractivity contribution in [2.45, 2.75) is 39.2 Å².